The van der Waals surface area contributed by atoms with Crippen LogP contribution in [0.1, 0.15) is 26.2 Å². The molecular formula is C21H29N3O3. The zero-order valence-corrected chi connectivity index (χ0v) is 16.0. The highest BCUT2D eigenvalue weighted by atomic mass is 16.5. The van der Waals surface area contributed by atoms with Gasteiger partial charge in [-0.3, -0.25) is 9.59 Å². The predicted octanol–water partition coefficient (Wildman–Crippen LogP) is 2.36. The van der Waals surface area contributed by atoms with E-state index in [2.05, 4.69) is 29.3 Å². The van der Waals surface area contributed by atoms with Crippen molar-refractivity contribution in [2.24, 2.45) is 17.8 Å². The molecule has 2 amide bonds. The summed E-state index contributed by atoms with van der Waals surface area (Å²) in [5.41, 5.74) is 2.02. The number of ether oxygens (including phenoxy) is 1. The number of benzene rings is 1. The van der Waals surface area contributed by atoms with Gasteiger partial charge in [0.15, 0.2) is 0 Å². The van der Waals surface area contributed by atoms with E-state index in [9.17, 15) is 9.59 Å². The van der Waals surface area contributed by atoms with E-state index < -0.39 is 0 Å². The molecule has 1 aliphatic carbocycles. The summed E-state index contributed by atoms with van der Waals surface area (Å²) in [6.07, 6.45) is 3.13. The number of anilines is 2. The molecule has 4 rings (SSSR count). The lowest BCUT2D eigenvalue weighted by Crippen LogP contribution is -2.42. The summed E-state index contributed by atoms with van der Waals surface area (Å²) in [6, 6.07) is 8.09. The van der Waals surface area contributed by atoms with Crippen LogP contribution in [-0.2, 0) is 14.3 Å². The summed E-state index contributed by atoms with van der Waals surface area (Å²) in [5.74, 6) is 0.530. The minimum absolute atomic E-state index is 0.0406. The molecule has 2 aliphatic heterocycles. The maximum Gasteiger partial charge on any atom is 0.228 e. The van der Waals surface area contributed by atoms with Crippen LogP contribution in [-0.4, -0.2) is 56.1 Å². The Labute approximate surface area is 160 Å². The first-order valence-corrected chi connectivity index (χ1v) is 10.1. The number of nitrogens with zero attached hydrogens (tertiary/aromatic N) is 2. The van der Waals surface area contributed by atoms with Crippen LogP contribution in [0.15, 0.2) is 24.3 Å². The van der Waals surface area contributed by atoms with Crippen LogP contribution in [0, 0.1) is 17.8 Å². The summed E-state index contributed by atoms with van der Waals surface area (Å²) < 4.78 is 5.29. The Kier molecular flexibility index (Phi) is 5.34. The lowest BCUT2D eigenvalue weighted by molar-refractivity contribution is -0.137. The van der Waals surface area contributed by atoms with E-state index in [-0.39, 0.29) is 23.7 Å². The number of carbonyl (C=O) groups excluding carboxylic acids is 2. The first-order valence-electron chi connectivity index (χ1n) is 10.1. The molecular weight excluding hydrogens is 342 g/mol. The van der Waals surface area contributed by atoms with E-state index in [4.69, 9.17) is 4.74 Å². The number of amides is 2. The minimum Gasteiger partial charge on any atom is -0.378 e. The lowest BCUT2D eigenvalue weighted by Gasteiger charge is -2.32. The van der Waals surface area contributed by atoms with Crippen molar-refractivity contribution in [2.75, 3.05) is 49.6 Å². The average Bonchev–Trinajstić information content (AvgIpc) is 3.50. The average molecular weight is 371 g/mol. The van der Waals surface area contributed by atoms with E-state index in [0.717, 1.165) is 24.7 Å². The third kappa shape index (κ3) is 4.26. The standard InChI is InChI=1S/C21H29N3O3/c1-15-6-8-23(9-7-15)17-4-2-16(3-5-17)22-20(25)18-14-19(18)21(26)24-10-12-27-13-11-24/h2-5,15,18-19H,6-14H2,1H3,(H,22,25). The fraction of sp³-hybridized carbons (Fsp3) is 0.619. The highest BCUT2D eigenvalue weighted by molar-refractivity contribution is 5.99. The maximum absolute atomic E-state index is 12.5. The number of morpholine rings is 1. The van der Waals surface area contributed by atoms with Crippen LogP contribution in [0.5, 0.6) is 0 Å². The van der Waals surface area contributed by atoms with Crippen LogP contribution in [0.25, 0.3) is 0 Å². The number of hydrogen-bond donors (Lipinski definition) is 1. The monoisotopic (exact) mass is 371 g/mol. The molecule has 27 heavy (non-hydrogen) atoms. The molecule has 2 atom stereocenters. The van der Waals surface area contributed by atoms with E-state index in [1.165, 1.54) is 18.5 Å². The molecule has 0 bridgehead atoms. The highest BCUT2D eigenvalue weighted by Gasteiger charge is 2.49. The molecule has 2 saturated heterocycles. The Morgan fingerprint density at radius 2 is 1.67 bits per heavy atom. The Morgan fingerprint density at radius 1 is 1.00 bits per heavy atom. The van der Waals surface area contributed by atoms with Crippen molar-refractivity contribution in [3.05, 3.63) is 24.3 Å². The van der Waals surface area contributed by atoms with E-state index in [1.807, 2.05) is 17.0 Å². The van der Waals surface area contributed by atoms with Crippen LogP contribution >= 0.6 is 0 Å². The summed E-state index contributed by atoms with van der Waals surface area (Å²) in [5, 5.41) is 2.98. The van der Waals surface area contributed by atoms with Crippen molar-refractivity contribution < 1.29 is 14.3 Å². The molecule has 0 aromatic heterocycles. The van der Waals surface area contributed by atoms with Crippen LogP contribution < -0.4 is 10.2 Å². The van der Waals surface area contributed by atoms with Gasteiger partial charge in [-0.2, -0.15) is 0 Å². The number of piperidine rings is 1. The largest absolute Gasteiger partial charge is 0.378 e. The second-order valence-corrected chi connectivity index (χ2v) is 8.09. The van der Waals surface area contributed by atoms with Gasteiger partial charge in [0.25, 0.3) is 0 Å². The fourth-order valence-corrected chi connectivity index (χ4v) is 4.03. The lowest BCUT2D eigenvalue weighted by atomic mass is 9.99. The first kappa shape index (κ1) is 18.3. The van der Waals surface area contributed by atoms with Crippen LogP contribution in [0.2, 0.25) is 0 Å². The Bertz CT molecular complexity index is 676. The SMILES string of the molecule is CC1CCN(c2ccc(NC(=O)C3CC3C(=O)N3CCOCC3)cc2)CC1. The molecule has 2 unspecified atom stereocenters. The van der Waals surface area contributed by atoms with Gasteiger partial charge in [-0.05, 0) is 49.4 Å². The zero-order chi connectivity index (χ0) is 18.8. The molecule has 3 fully saturated rings. The number of hydrogen-bond acceptors (Lipinski definition) is 4. The van der Waals surface area contributed by atoms with Crippen molar-refractivity contribution in [2.45, 2.75) is 26.2 Å². The van der Waals surface area contributed by atoms with Crippen molar-refractivity contribution in [1.29, 1.82) is 0 Å². The molecule has 1 aromatic carbocycles. The third-order valence-corrected chi connectivity index (χ3v) is 6.05. The second kappa shape index (κ2) is 7.89. The normalized spacial score (nSPS) is 26.0. The van der Waals surface area contributed by atoms with Gasteiger partial charge in [-0.25, -0.2) is 0 Å². The number of rotatable bonds is 4. The zero-order valence-electron chi connectivity index (χ0n) is 16.0. The Morgan fingerprint density at radius 3 is 2.33 bits per heavy atom. The molecule has 2 heterocycles. The van der Waals surface area contributed by atoms with Gasteiger partial charge in [0.1, 0.15) is 0 Å². The van der Waals surface area contributed by atoms with Crippen molar-refractivity contribution in [3.63, 3.8) is 0 Å². The van der Waals surface area contributed by atoms with Crippen molar-refractivity contribution in [1.82, 2.24) is 4.90 Å². The van der Waals surface area contributed by atoms with Crippen LogP contribution in [0.3, 0.4) is 0 Å². The van der Waals surface area contributed by atoms with Gasteiger partial charge in [0.05, 0.1) is 25.0 Å². The molecule has 6 heteroatoms. The van der Waals surface area contributed by atoms with E-state index in [0.29, 0.717) is 32.7 Å². The van der Waals surface area contributed by atoms with E-state index in [1.54, 1.807) is 0 Å². The number of nitrogens with one attached hydrogen (secondary N) is 1. The molecule has 3 aliphatic rings. The maximum atomic E-state index is 12.5. The molecule has 146 valence electrons. The second-order valence-electron chi connectivity index (χ2n) is 8.09. The molecule has 1 aromatic rings. The topological polar surface area (TPSA) is 61.9 Å². The van der Waals surface area contributed by atoms with Gasteiger partial charge in [-0.1, -0.05) is 6.92 Å². The van der Waals surface area contributed by atoms with Gasteiger partial charge < -0.3 is 19.9 Å². The smallest absolute Gasteiger partial charge is 0.228 e. The third-order valence-electron chi connectivity index (χ3n) is 6.05. The summed E-state index contributed by atoms with van der Waals surface area (Å²) in [6.45, 7) is 6.97. The highest BCUT2D eigenvalue weighted by Crippen LogP contribution is 2.41. The number of carbonyl (C=O) groups is 2. The van der Waals surface area contributed by atoms with Gasteiger partial charge in [-0.15, -0.1) is 0 Å². The summed E-state index contributed by atoms with van der Waals surface area (Å²) >= 11 is 0. The molecule has 0 radical (unpaired) electrons. The van der Waals surface area contributed by atoms with Gasteiger partial charge >= 0.3 is 0 Å². The summed E-state index contributed by atoms with van der Waals surface area (Å²) in [4.78, 5) is 29.2. The molecule has 0 spiro atoms. The molecule has 1 saturated carbocycles. The fourth-order valence-electron chi connectivity index (χ4n) is 4.03. The van der Waals surface area contributed by atoms with Crippen LogP contribution in [0.4, 0.5) is 11.4 Å². The quantitative estimate of drug-likeness (QED) is 0.883. The van der Waals surface area contributed by atoms with Crippen molar-refractivity contribution in [3.8, 4) is 0 Å². The van der Waals surface area contributed by atoms with Gasteiger partial charge in [0, 0.05) is 37.6 Å². The Hall–Kier alpha value is -2.08. The molecule has 6 nitrogen and oxygen atoms in total. The van der Waals surface area contributed by atoms with Crippen molar-refractivity contribution >= 4 is 23.2 Å². The first-order chi connectivity index (χ1) is 13.1. The minimum atomic E-state index is -0.191. The summed E-state index contributed by atoms with van der Waals surface area (Å²) in [7, 11) is 0. The molecule has 1 N–H and O–H groups in total. The Balaban J connectivity index is 1.28. The van der Waals surface area contributed by atoms with Gasteiger partial charge in [0.2, 0.25) is 11.8 Å². The predicted molar refractivity (Wildman–Crippen MR) is 105 cm³/mol. The van der Waals surface area contributed by atoms with E-state index >= 15 is 0 Å².